The lowest BCUT2D eigenvalue weighted by molar-refractivity contribution is -0.124. The van der Waals surface area contributed by atoms with E-state index in [4.69, 9.17) is 10.8 Å². The van der Waals surface area contributed by atoms with Gasteiger partial charge in [0.25, 0.3) is 0 Å². The van der Waals surface area contributed by atoms with Gasteiger partial charge in [0.15, 0.2) is 0 Å². The van der Waals surface area contributed by atoms with Crippen LogP contribution >= 0.6 is 0 Å². The van der Waals surface area contributed by atoms with E-state index in [2.05, 4.69) is 0 Å². The number of hydrogen-bond donors (Lipinski definition) is 2. The van der Waals surface area contributed by atoms with Crippen molar-refractivity contribution >= 4 is 5.91 Å². The summed E-state index contributed by atoms with van der Waals surface area (Å²) in [6.07, 6.45) is 0. The zero-order valence-electron chi connectivity index (χ0n) is 8.16. The van der Waals surface area contributed by atoms with Gasteiger partial charge >= 0.3 is 0 Å². The van der Waals surface area contributed by atoms with Gasteiger partial charge in [-0.25, -0.2) is 0 Å². The van der Waals surface area contributed by atoms with Crippen molar-refractivity contribution in [2.24, 2.45) is 5.73 Å². The Morgan fingerprint density at radius 1 is 1.67 bits per heavy atom. The van der Waals surface area contributed by atoms with Crippen LogP contribution in [0.25, 0.3) is 0 Å². The van der Waals surface area contributed by atoms with Crippen LogP contribution < -0.4 is 5.73 Å². The van der Waals surface area contributed by atoms with E-state index in [9.17, 15) is 4.79 Å². The molecule has 0 aliphatic carbocycles. The summed E-state index contributed by atoms with van der Waals surface area (Å²) in [6.45, 7) is 5.43. The van der Waals surface area contributed by atoms with Crippen LogP contribution in [-0.4, -0.2) is 41.1 Å². The van der Waals surface area contributed by atoms with Crippen LogP contribution in [0.2, 0.25) is 0 Å². The first-order valence-corrected chi connectivity index (χ1v) is 3.96. The van der Waals surface area contributed by atoms with E-state index in [1.165, 1.54) is 0 Å². The minimum Gasteiger partial charge on any atom is -0.394 e. The summed E-state index contributed by atoms with van der Waals surface area (Å²) in [4.78, 5) is 12.6. The number of aliphatic hydroxyl groups excluding tert-OH is 1. The Morgan fingerprint density at radius 2 is 2.08 bits per heavy atom. The van der Waals surface area contributed by atoms with Crippen LogP contribution in [0.5, 0.6) is 0 Å². The predicted octanol–water partition coefficient (Wildman–Crippen LogP) is -0.437. The van der Waals surface area contributed by atoms with Gasteiger partial charge in [-0.3, -0.25) is 9.69 Å². The molecule has 0 aromatic heterocycles. The van der Waals surface area contributed by atoms with Crippen LogP contribution in [0, 0.1) is 0 Å². The van der Waals surface area contributed by atoms with Gasteiger partial charge in [-0.15, -0.1) is 0 Å². The van der Waals surface area contributed by atoms with Crippen LogP contribution in [0.15, 0.2) is 0 Å². The zero-order valence-corrected chi connectivity index (χ0v) is 8.16. The first-order valence-electron chi connectivity index (χ1n) is 3.96. The quantitative estimate of drug-likeness (QED) is 0.607. The predicted molar refractivity (Wildman–Crippen MR) is 47.6 cm³/mol. The summed E-state index contributed by atoms with van der Waals surface area (Å²) in [6, 6.07) is -0.354. The molecule has 0 spiro atoms. The molecule has 0 rings (SSSR count). The molecule has 0 aliphatic heterocycles. The van der Waals surface area contributed by atoms with Gasteiger partial charge in [0, 0.05) is 5.54 Å². The van der Waals surface area contributed by atoms with Crippen molar-refractivity contribution in [2.45, 2.75) is 32.4 Å². The Morgan fingerprint density at radius 3 is 2.33 bits per heavy atom. The summed E-state index contributed by atoms with van der Waals surface area (Å²) in [5, 5.41) is 9.00. The molecule has 0 bridgehead atoms. The van der Waals surface area contributed by atoms with Gasteiger partial charge in [0.1, 0.15) is 0 Å². The van der Waals surface area contributed by atoms with Gasteiger partial charge < -0.3 is 10.8 Å². The number of aliphatic hydroxyl groups is 1. The second kappa shape index (κ2) is 3.87. The summed E-state index contributed by atoms with van der Waals surface area (Å²) in [5.41, 5.74) is 4.72. The van der Waals surface area contributed by atoms with Crippen LogP contribution in [0.3, 0.4) is 0 Å². The second-order valence-corrected chi connectivity index (χ2v) is 3.66. The van der Waals surface area contributed by atoms with Crippen LogP contribution in [0.4, 0.5) is 0 Å². The number of amides is 1. The molecule has 0 radical (unpaired) electrons. The van der Waals surface area contributed by atoms with Crippen molar-refractivity contribution in [1.29, 1.82) is 0 Å². The lowest BCUT2D eigenvalue weighted by Crippen LogP contribution is -2.53. The van der Waals surface area contributed by atoms with Crippen LogP contribution in [-0.2, 0) is 4.79 Å². The van der Waals surface area contributed by atoms with Gasteiger partial charge in [0.05, 0.1) is 12.6 Å². The highest BCUT2D eigenvalue weighted by Gasteiger charge is 2.28. The number of hydrogen-bond acceptors (Lipinski definition) is 3. The van der Waals surface area contributed by atoms with E-state index in [0.29, 0.717) is 0 Å². The molecule has 0 heterocycles. The van der Waals surface area contributed by atoms with Crippen molar-refractivity contribution < 1.29 is 9.90 Å². The third kappa shape index (κ3) is 2.46. The molecule has 4 nitrogen and oxygen atoms in total. The molecule has 4 heteroatoms. The maximum absolute atomic E-state index is 10.8. The fraction of sp³-hybridized carbons (Fsp3) is 0.875. The molecule has 0 saturated heterocycles. The second-order valence-electron chi connectivity index (χ2n) is 3.66. The van der Waals surface area contributed by atoms with Gasteiger partial charge in [-0.2, -0.15) is 0 Å². The molecule has 1 atom stereocenters. The van der Waals surface area contributed by atoms with Crippen molar-refractivity contribution in [2.75, 3.05) is 13.7 Å². The molecule has 3 N–H and O–H groups in total. The smallest absolute Gasteiger partial charge is 0.234 e. The fourth-order valence-electron chi connectivity index (χ4n) is 0.827. The van der Waals surface area contributed by atoms with E-state index >= 15 is 0 Å². The monoisotopic (exact) mass is 174 g/mol. The lowest BCUT2D eigenvalue weighted by atomic mass is 10.0. The Hall–Kier alpha value is -0.610. The number of likely N-dealkylation sites (N-methyl/N-ethyl adjacent to an activating group) is 1. The highest BCUT2D eigenvalue weighted by Crippen LogP contribution is 2.13. The molecule has 0 fully saturated rings. The van der Waals surface area contributed by atoms with Crippen molar-refractivity contribution in [1.82, 2.24) is 4.90 Å². The summed E-state index contributed by atoms with van der Waals surface area (Å²) >= 11 is 0. The number of primary amides is 1. The summed E-state index contributed by atoms with van der Waals surface area (Å²) < 4.78 is 0. The van der Waals surface area contributed by atoms with Crippen molar-refractivity contribution in [3.05, 3.63) is 0 Å². The summed E-state index contributed by atoms with van der Waals surface area (Å²) in [7, 11) is 1.77. The first-order chi connectivity index (χ1) is 5.33. The third-order valence-corrected chi connectivity index (χ3v) is 2.33. The molecule has 72 valence electrons. The number of nitrogens with zero attached hydrogens (tertiary/aromatic N) is 1. The highest BCUT2D eigenvalue weighted by molar-refractivity contribution is 5.79. The topological polar surface area (TPSA) is 66.6 Å². The summed E-state index contributed by atoms with van der Waals surface area (Å²) in [5.74, 6) is -0.376. The third-order valence-electron chi connectivity index (χ3n) is 2.33. The van der Waals surface area contributed by atoms with Gasteiger partial charge in [-0.1, -0.05) is 0 Å². The highest BCUT2D eigenvalue weighted by atomic mass is 16.3. The fourth-order valence-corrected chi connectivity index (χ4v) is 0.827. The van der Waals surface area contributed by atoms with Crippen molar-refractivity contribution in [3.63, 3.8) is 0 Å². The minimum atomic E-state index is -0.408. The molecule has 0 aromatic carbocycles. The van der Waals surface area contributed by atoms with Gasteiger partial charge in [-0.05, 0) is 27.8 Å². The van der Waals surface area contributed by atoms with Gasteiger partial charge in [0.2, 0.25) is 5.91 Å². The number of carbonyl (C=O) groups excluding carboxylic acids is 1. The number of nitrogens with two attached hydrogens (primary N) is 1. The Balaban J connectivity index is 4.37. The Labute approximate surface area is 73.3 Å². The minimum absolute atomic E-state index is 0.00111. The van der Waals surface area contributed by atoms with Crippen molar-refractivity contribution in [3.8, 4) is 0 Å². The maximum atomic E-state index is 10.8. The zero-order chi connectivity index (χ0) is 9.94. The number of carbonyl (C=O) groups is 1. The van der Waals surface area contributed by atoms with E-state index < -0.39 is 5.54 Å². The molecular weight excluding hydrogens is 156 g/mol. The molecule has 1 unspecified atom stereocenters. The Kier molecular flexibility index (Phi) is 3.67. The number of rotatable bonds is 4. The normalized spacial score (nSPS) is 14.8. The van der Waals surface area contributed by atoms with Crippen LogP contribution in [0.1, 0.15) is 20.8 Å². The van der Waals surface area contributed by atoms with E-state index in [1.807, 2.05) is 13.8 Å². The average Bonchev–Trinajstić information content (AvgIpc) is 2.01. The molecular formula is C8H18N2O2. The first kappa shape index (κ1) is 11.4. The largest absolute Gasteiger partial charge is 0.394 e. The molecule has 0 aliphatic rings. The van der Waals surface area contributed by atoms with E-state index in [1.54, 1.807) is 18.9 Å². The molecule has 12 heavy (non-hydrogen) atoms. The SMILES string of the molecule is CC(C(N)=O)N(C)C(C)(C)CO. The standard InChI is InChI=1S/C8H18N2O2/c1-6(7(9)12)10(4)8(2,3)5-11/h6,11H,5H2,1-4H3,(H2,9,12). The average molecular weight is 174 g/mol. The molecule has 0 aromatic rings. The van der Waals surface area contributed by atoms with E-state index in [0.717, 1.165) is 0 Å². The molecule has 0 saturated carbocycles. The van der Waals surface area contributed by atoms with E-state index in [-0.39, 0.29) is 18.6 Å². The maximum Gasteiger partial charge on any atom is 0.234 e. The Bertz CT molecular complexity index is 168. The molecule has 1 amide bonds. The lowest BCUT2D eigenvalue weighted by Gasteiger charge is -2.36.